The molecule has 0 spiro atoms. The first kappa shape index (κ1) is 22.8. The molecule has 3 aromatic rings. The Morgan fingerprint density at radius 1 is 1.09 bits per heavy atom. The van der Waals surface area contributed by atoms with Crippen LogP contribution in [-0.2, 0) is 19.4 Å². The van der Waals surface area contributed by atoms with Crippen molar-refractivity contribution in [2.24, 2.45) is 0 Å². The second kappa shape index (κ2) is 9.69. The van der Waals surface area contributed by atoms with Crippen LogP contribution in [-0.4, -0.2) is 49.7 Å². The Labute approximate surface area is 205 Å². The number of para-hydroxylation sites is 1. The lowest BCUT2D eigenvalue weighted by atomic mass is 9.86. The smallest absolute Gasteiger partial charge is 0.415 e. The van der Waals surface area contributed by atoms with Gasteiger partial charge in [-0.2, -0.15) is 0 Å². The zero-order valence-corrected chi connectivity index (χ0v) is 20.3. The zero-order valence-electron chi connectivity index (χ0n) is 19.6. The lowest BCUT2D eigenvalue weighted by Gasteiger charge is -2.24. The highest BCUT2D eigenvalue weighted by Crippen LogP contribution is 2.42. The Bertz CT molecular complexity index is 1200. The van der Waals surface area contributed by atoms with E-state index in [1.54, 1.807) is 11.9 Å². The molecule has 0 saturated heterocycles. The summed E-state index contributed by atoms with van der Waals surface area (Å²) < 4.78 is 11.8. The van der Waals surface area contributed by atoms with E-state index in [1.165, 1.54) is 16.7 Å². The Morgan fingerprint density at radius 3 is 2.74 bits per heavy atom. The van der Waals surface area contributed by atoms with Crippen LogP contribution in [0, 0.1) is 0 Å². The minimum absolute atomic E-state index is 0.104. The third kappa shape index (κ3) is 4.63. The fourth-order valence-corrected chi connectivity index (χ4v) is 5.14. The number of likely N-dealkylation sites (N-methyl/N-ethyl adjacent to an activating group) is 1. The van der Waals surface area contributed by atoms with E-state index in [9.17, 15) is 4.79 Å². The summed E-state index contributed by atoms with van der Waals surface area (Å²) in [7, 11) is 3.87. The number of amides is 1. The van der Waals surface area contributed by atoms with Crippen LogP contribution in [0.3, 0.4) is 0 Å². The van der Waals surface area contributed by atoms with Crippen LogP contribution in [0.4, 0.5) is 4.79 Å². The van der Waals surface area contributed by atoms with Crippen LogP contribution < -0.4 is 9.47 Å². The molecule has 34 heavy (non-hydrogen) atoms. The number of halogens is 1. The second-order valence-electron chi connectivity index (χ2n) is 9.19. The summed E-state index contributed by atoms with van der Waals surface area (Å²) in [4.78, 5) is 16.8. The molecule has 1 unspecified atom stereocenters. The van der Waals surface area contributed by atoms with E-state index in [0.717, 1.165) is 49.4 Å². The van der Waals surface area contributed by atoms with Crippen molar-refractivity contribution < 1.29 is 14.3 Å². The van der Waals surface area contributed by atoms with Crippen molar-refractivity contribution in [3.05, 3.63) is 93.5 Å². The minimum atomic E-state index is -0.433. The maximum absolute atomic E-state index is 12.9. The molecule has 0 aromatic heterocycles. The van der Waals surface area contributed by atoms with Crippen molar-refractivity contribution in [2.75, 3.05) is 33.8 Å². The molecule has 0 radical (unpaired) electrons. The van der Waals surface area contributed by atoms with E-state index in [1.807, 2.05) is 42.5 Å². The predicted octanol–water partition coefficient (Wildman–Crippen LogP) is 5.53. The van der Waals surface area contributed by atoms with Gasteiger partial charge in [-0.15, -0.1) is 0 Å². The molecule has 0 saturated carbocycles. The van der Waals surface area contributed by atoms with Gasteiger partial charge in [0, 0.05) is 44.6 Å². The van der Waals surface area contributed by atoms with Gasteiger partial charge in [0.05, 0.1) is 11.6 Å². The molecule has 2 heterocycles. The average Bonchev–Trinajstić information content (AvgIpc) is 3.26. The Balaban J connectivity index is 1.46. The predicted molar refractivity (Wildman–Crippen MR) is 134 cm³/mol. The van der Waals surface area contributed by atoms with E-state index in [4.69, 9.17) is 21.1 Å². The van der Waals surface area contributed by atoms with Gasteiger partial charge in [0.1, 0.15) is 5.75 Å². The molecule has 0 aliphatic carbocycles. The van der Waals surface area contributed by atoms with Crippen LogP contribution in [0.25, 0.3) is 0 Å². The normalized spacial score (nSPS) is 17.3. The molecule has 2 aliphatic rings. The highest BCUT2D eigenvalue weighted by Gasteiger charge is 2.29. The number of ether oxygens (including phenoxy) is 2. The van der Waals surface area contributed by atoms with Gasteiger partial charge >= 0.3 is 6.09 Å². The van der Waals surface area contributed by atoms with Gasteiger partial charge in [-0.3, -0.25) is 0 Å². The van der Waals surface area contributed by atoms with Gasteiger partial charge in [-0.25, -0.2) is 4.79 Å². The van der Waals surface area contributed by atoms with Crippen molar-refractivity contribution in [2.45, 2.75) is 25.3 Å². The quantitative estimate of drug-likeness (QED) is 0.497. The van der Waals surface area contributed by atoms with Crippen molar-refractivity contribution in [3.63, 3.8) is 0 Å². The van der Waals surface area contributed by atoms with Crippen LogP contribution in [0.5, 0.6) is 11.5 Å². The molecule has 0 N–H and O–H groups in total. The maximum atomic E-state index is 12.9. The van der Waals surface area contributed by atoms with E-state index in [0.29, 0.717) is 17.3 Å². The van der Waals surface area contributed by atoms with Crippen molar-refractivity contribution >= 4 is 17.7 Å². The van der Waals surface area contributed by atoms with E-state index in [2.05, 4.69) is 30.1 Å². The first-order chi connectivity index (χ1) is 16.5. The molecular formula is C28H29ClN2O3. The fourth-order valence-electron chi connectivity index (χ4n) is 4.92. The van der Waals surface area contributed by atoms with E-state index >= 15 is 0 Å². The van der Waals surface area contributed by atoms with Crippen molar-refractivity contribution in [1.82, 2.24) is 9.80 Å². The molecule has 2 aliphatic heterocycles. The number of rotatable bonds is 4. The fraction of sp³-hybridized carbons (Fsp3) is 0.321. The third-order valence-corrected chi connectivity index (χ3v) is 7.01. The van der Waals surface area contributed by atoms with Gasteiger partial charge in [-0.1, -0.05) is 60.1 Å². The Hall–Kier alpha value is -3.02. The van der Waals surface area contributed by atoms with Crippen LogP contribution >= 0.6 is 11.6 Å². The monoisotopic (exact) mass is 476 g/mol. The Kier molecular flexibility index (Phi) is 6.48. The lowest BCUT2D eigenvalue weighted by Crippen LogP contribution is -2.29. The number of hydrogen-bond acceptors (Lipinski definition) is 4. The number of benzene rings is 3. The molecule has 5 nitrogen and oxygen atoms in total. The minimum Gasteiger partial charge on any atom is -0.493 e. The van der Waals surface area contributed by atoms with Gasteiger partial charge in [-0.05, 0) is 47.9 Å². The van der Waals surface area contributed by atoms with Crippen LogP contribution in [0.15, 0.2) is 60.7 Å². The molecule has 0 fully saturated rings. The van der Waals surface area contributed by atoms with Gasteiger partial charge in [0.15, 0.2) is 5.75 Å². The Morgan fingerprint density at radius 2 is 1.91 bits per heavy atom. The highest BCUT2D eigenvalue weighted by atomic mass is 35.5. The zero-order chi connectivity index (χ0) is 23.7. The average molecular weight is 477 g/mol. The highest BCUT2D eigenvalue weighted by molar-refractivity contribution is 6.32. The molecule has 1 amide bonds. The second-order valence-corrected chi connectivity index (χ2v) is 9.60. The maximum Gasteiger partial charge on any atom is 0.415 e. The van der Waals surface area contributed by atoms with Crippen molar-refractivity contribution in [1.29, 1.82) is 0 Å². The molecule has 5 rings (SSSR count). The van der Waals surface area contributed by atoms with E-state index in [-0.39, 0.29) is 5.92 Å². The summed E-state index contributed by atoms with van der Waals surface area (Å²) in [5.74, 6) is 1.51. The summed E-state index contributed by atoms with van der Waals surface area (Å²) in [5.41, 5.74) is 5.81. The van der Waals surface area contributed by atoms with Crippen molar-refractivity contribution in [3.8, 4) is 11.5 Å². The van der Waals surface area contributed by atoms with Gasteiger partial charge in [0.25, 0.3) is 0 Å². The summed E-state index contributed by atoms with van der Waals surface area (Å²) in [6.45, 7) is 2.98. The number of carbonyl (C=O) groups excluding carboxylic acids is 1. The standard InChI is InChI=1S/C28H29ClN2O3/c1-30-13-11-21-15-25(29)26(34-28(32)31(2)17-19-7-4-3-5-8-19)16-23(21)24(18-30)22-10-6-9-20-12-14-33-27(20)22/h3-10,15-16,24H,11-14,17-18H2,1-2H3. The topological polar surface area (TPSA) is 42.0 Å². The summed E-state index contributed by atoms with van der Waals surface area (Å²) in [5, 5.41) is 0.457. The first-order valence-electron chi connectivity index (χ1n) is 11.7. The molecular weight excluding hydrogens is 448 g/mol. The number of carbonyl (C=O) groups is 1. The number of hydrogen-bond donors (Lipinski definition) is 0. The summed E-state index contributed by atoms with van der Waals surface area (Å²) in [6, 6.07) is 20.2. The number of nitrogens with zero attached hydrogens (tertiary/aromatic N) is 2. The molecule has 3 aromatic carbocycles. The summed E-state index contributed by atoms with van der Waals surface area (Å²) in [6.07, 6.45) is 1.40. The first-order valence-corrected chi connectivity index (χ1v) is 12.1. The van der Waals surface area contributed by atoms with E-state index < -0.39 is 6.09 Å². The van der Waals surface area contributed by atoms with Crippen LogP contribution in [0.1, 0.15) is 33.7 Å². The SMILES string of the molecule is CN1CCc2cc(Cl)c(OC(=O)N(C)Cc3ccccc3)cc2C(c2cccc3c2OCC3)C1. The lowest BCUT2D eigenvalue weighted by molar-refractivity contribution is 0.160. The van der Waals surface area contributed by atoms with Gasteiger partial charge < -0.3 is 19.3 Å². The molecule has 1 atom stereocenters. The molecule has 0 bridgehead atoms. The molecule has 176 valence electrons. The summed E-state index contributed by atoms with van der Waals surface area (Å²) >= 11 is 6.61. The third-order valence-electron chi connectivity index (χ3n) is 6.72. The van der Waals surface area contributed by atoms with Crippen LogP contribution in [0.2, 0.25) is 5.02 Å². The largest absolute Gasteiger partial charge is 0.493 e. The number of fused-ring (bicyclic) bond motifs is 2. The van der Waals surface area contributed by atoms with Gasteiger partial charge in [0.2, 0.25) is 0 Å². The molecule has 6 heteroatoms.